The highest BCUT2D eigenvalue weighted by atomic mass is 32.1. The number of benzene rings is 1. The van der Waals surface area contributed by atoms with Crippen LogP contribution in [0.4, 0.5) is 9.52 Å². The second kappa shape index (κ2) is 6.53. The lowest BCUT2D eigenvalue weighted by atomic mass is 10.1. The van der Waals surface area contributed by atoms with E-state index < -0.39 is 0 Å². The number of anilines is 1. The summed E-state index contributed by atoms with van der Waals surface area (Å²) in [4.78, 5) is 22.9. The molecule has 8 heteroatoms. The van der Waals surface area contributed by atoms with Crippen LogP contribution in [0.5, 0.6) is 0 Å². The van der Waals surface area contributed by atoms with E-state index in [4.69, 9.17) is 4.74 Å². The van der Waals surface area contributed by atoms with Crippen molar-refractivity contribution in [2.24, 2.45) is 0 Å². The Morgan fingerprint density at radius 1 is 1.32 bits per heavy atom. The van der Waals surface area contributed by atoms with E-state index >= 15 is 0 Å². The number of fused-ring (bicyclic) bond motifs is 1. The molecule has 1 fully saturated rings. The lowest BCUT2D eigenvalue weighted by molar-refractivity contribution is 0.122. The zero-order chi connectivity index (χ0) is 17.4. The van der Waals surface area contributed by atoms with Gasteiger partial charge in [0.1, 0.15) is 16.8 Å². The second-order valence-corrected chi connectivity index (χ2v) is 6.97. The van der Waals surface area contributed by atoms with E-state index in [1.165, 1.54) is 29.8 Å². The Morgan fingerprint density at radius 3 is 2.88 bits per heavy atom. The molecule has 130 valence electrons. The predicted molar refractivity (Wildman–Crippen MR) is 94.9 cm³/mol. The summed E-state index contributed by atoms with van der Waals surface area (Å²) in [5, 5.41) is 0.813. The lowest BCUT2D eigenvalue weighted by Crippen LogP contribution is -2.36. The number of thiazole rings is 1. The third kappa shape index (κ3) is 3.14. The van der Waals surface area contributed by atoms with Gasteiger partial charge < -0.3 is 14.2 Å². The van der Waals surface area contributed by atoms with Gasteiger partial charge in [-0.25, -0.2) is 9.37 Å². The van der Waals surface area contributed by atoms with Crippen LogP contribution < -0.4 is 10.5 Å². The topological polar surface area (TPSA) is 60.2 Å². The smallest absolute Gasteiger partial charge is 0.292 e. The fraction of sp³-hybridized carbons (Fsp3) is 0.353. The molecule has 25 heavy (non-hydrogen) atoms. The van der Waals surface area contributed by atoms with Crippen molar-refractivity contribution in [1.82, 2.24) is 14.5 Å². The molecule has 4 rings (SSSR count). The normalized spacial score (nSPS) is 15.0. The summed E-state index contributed by atoms with van der Waals surface area (Å²) >= 11 is 1.37. The zero-order valence-corrected chi connectivity index (χ0v) is 14.6. The highest BCUT2D eigenvalue weighted by Gasteiger charge is 2.18. The van der Waals surface area contributed by atoms with Crippen LogP contribution in [0.2, 0.25) is 0 Å². The summed E-state index contributed by atoms with van der Waals surface area (Å²) < 4.78 is 21.1. The SMILES string of the molecule is Cc1cc(F)ccc1Cn1cnc(=O)c2sc(N3CCOCC3)nc21. The molecule has 0 unspecified atom stereocenters. The lowest BCUT2D eigenvalue weighted by Gasteiger charge is -2.25. The molecular formula is C17H17FN4O2S. The van der Waals surface area contributed by atoms with Gasteiger partial charge in [0.15, 0.2) is 10.8 Å². The van der Waals surface area contributed by atoms with E-state index in [2.05, 4.69) is 14.9 Å². The molecule has 1 aromatic carbocycles. The van der Waals surface area contributed by atoms with Crippen LogP contribution in [0.25, 0.3) is 10.3 Å². The second-order valence-electron chi connectivity index (χ2n) is 6.00. The Bertz CT molecular complexity index is 978. The zero-order valence-electron chi connectivity index (χ0n) is 13.7. The summed E-state index contributed by atoms with van der Waals surface area (Å²) in [6.45, 7) is 5.20. The molecule has 2 aromatic heterocycles. The maximum absolute atomic E-state index is 13.3. The average molecular weight is 360 g/mol. The molecular weight excluding hydrogens is 343 g/mol. The van der Waals surface area contributed by atoms with Crippen molar-refractivity contribution in [1.29, 1.82) is 0 Å². The number of aryl methyl sites for hydroxylation is 1. The quantitative estimate of drug-likeness (QED) is 0.717. The molecule has 0 bridgehead atoms. The molecule has 1 aliphatic heterocycles. The molecule has 0 N–H and O–H groups in total. The van der Waals surface area contributed by atoms with Crippen LogP contribution >= 0.6 is 11.3 Å². The Balaban J connectivity index is 1.74. The number of rotatable bonds is 3. The first-order valence-corrected chi connectivity index (χ1v) is 8.87. The van der Waals surface area contributed by atoms with Gasteiger partial charge in [-0.2, -0.15) is 4.98 Å². The maximum Gasteiger partial charge on any atom is 0.292 e. The van der Waals surface area contributed by atoms with Crippen LogP contribution in [0, 0.1) is 12.7 Å². The van der Waals surface area contributed by atoms with Crippen molar-refractivity contribution in [3.8, 4) is 0 Å². The van der Waals surface area contributed by atoms with E-state index in [0.29, 0.717) is 30.1 Å². The van der Waals surface area contributed by atoms with Gasteiger partial charge in [0.05, 0.1) is 19.8 Å². The largest absolute Gasteiger partial charge is 0.378 e. The van der Waals surface area contributed by atoms with Gasteiger partial charge in [0.2, 0.25) is 0 Å². The van der Waals surface area contributed by atoms with Gasteiger partial charge >= 0.3 is 0 Å². The number of morpholine rings is 1. The van der Waals surface area contributed by atoms with Crippen molar-refractivity contribution < 1.29 is 9.13 Å². The van der Waals surface area contributed by atoms with Gasteiger partial charge in [-0.15, -0.1) is 0 Å². The Morgan fingerprint density at radius 2 is 2.12 bits per heavy atom. The van der Waals surface area contributed by atoms with Crippen molar-refractivity contribution >= 4 is 26.8 Å². The molecule has 0 saturated carbocycles. The van der Waals surface area contributed by atoms with Gasteiger partial charge in [-0.3, -0.25) is 4.79 Å². The molecule has 0 radical (unpaired) electrons. The maximum atomic E-state index is 13.3. The minimum atomic E-state index is -0.265. The molecule has 0 atom stereocenters. The fourth-order valence-corrected chi connectivity index (χ4v) is 3.92. The Hall–Kier alpha value is -2.32. The van der Waals surface area contributed by atoms with E-state index in [9.17, 15) is 9.18 Å². The van der Waals surface area contributed by atoms with Gasteiger partial charge in [0, 0.05) is 13.1 Å². The number of hydrogen-bond acceptors (Lipinski definition) is 6. The highest BCUT2D eigenvalue weighted by Crippen LogP contribution is 2.27. The van der Waals surface area contributed by atoms with Crippen LogP contribution in [-0.2, 0) is 11.3 Å². The first kappa shape index (κ1) is 16.2. The van der Waals surface area contributed by atoms with E-state index in [0.717, 1.165) is 29.3 Å². The predicted octanol–water partition coefficient (Wildman–Crippen LogP) is 2.19. The summed E-state index contributed by atoms with van der Waals surface area (Å²) in [6.07, 6.45) is 1.51. The number of halogens is 1. The molecule has 6 nitrogen and oxygen atoms in total. The molecule has 0 aliphatic carbocycles. The summed E-state index contributed by atoms with van der Waals surface area (Å²) in [7, 11) is 0. The first-order valence-electron chi connectivity index (χ1n) is 8.05. The Labute approximate surface area is 147 Å². The van der Waals surface area contributed by atoms with Crippen molar-refractivity contribution in [3.05, 3.63) is 51.8 Å². The number of aromatic nitrogens is 3. The Kier molecular flexibility index (Phi) is 4.22. The van der Waals surface area contributed by atoms with Gasteiger partial charge in [-0.05, 0) is 30.2 Å². The molecule has 3 heterocycles. The van der Waals surface area contributed by atoms with Crippen molar-refractivity contribution in [3.63, 3.8) is 0 Å². The highest BCUT2D eigenvalue weighted by molar-refractivity contribution is 7.22. The van der Waals surface area contributed by atoms with Crippen LogP contribution in [0.15, 0.2) is 29.3 Å². The number of ether oxygens (including phenoxy) is 1. The summed E-state index contributed by atoms with van der Waals surface area (Å²) in [6, 6.07) is 4.70. The standard InChI is InChI=1S/C17H17FN4O2S/c1-11-8-13(18)3-2-12(11)9-22-10-19-16(23)14-15(22)20-17(25-14)21-4-6-24-7-5-21/h2-3,8,10H,4-7,9H2,1H3. The summed E-state index contributed by atoms with van der Waals surface area (Å²) in [5.74, 6) is -0.257. The molecule has 3 aromatic rings. The fourth-order valence-electron chi connectivity index (χ4n) is 2.90. The monoisotopic (exact) mass is 360 g/mol. The molecule has 1 aliphatic rings. The van der Waals surface area contributed by atoms with E-state index in [-0.39, 0.29) is 11.4 Å². The first-order chi connectivity index (χ1) is 12.1. The van der Waals surface area contributed by atoms with Crippen LogP contribution in [0.1, 0.15) is 11.1 Å². The van der Waals surface area contributed by atoms with Crippen LogP contribution in [-0.4, -0.2) is 40.8 Å². The summed E-state index contributed by atoms with van der Waals surface area (Å²) in [5.41, 5.74) is 2.18. The van der Waals surface area contributed by atoms with Gasteiger partial charge in [-0.1, -0.05) is 17.4 Å². The number of hydrogen-bond donors (Lipinski definition) is 0. The molecule has 0 spiro atoms. The number of nitrogens with zero attached hydrogens (tertiary/aromatic N) is 4. The van der Waals surface area contributed by atoms with E-state index in [1.807, 2.05) is 11.5 Å². The van der Waals surface area contributed by atoms with Crippen molar-refractivity contribution in [2.45, 2.75) is 13.5 Å². The van der Waals surface area contributed by atoms with Crippen molar-refractivity contribution in [2.75, 3.05) is 31.2 Å². The van der Waals surface area contributed by atoms with E-state index in [1.54, 1.807) is 6.07 Å². The van der Waals surface area contributed by atoms with Gasteiger partial charge in [0.25, 0.3) is 5.56 Å². The minimum Gasteiger partial charge on any atom is -0.378 e. The third-order valence-electron chi connectivity index (χ3n) is 4.31. The molecule has 0 amide bonds. The van der Waals surface area contributed by atoms with Crippen LogP contribution in [0.3, 0.4) is 0 Å². The minimum absolute atomic E-state index is 0.257. The molecule has 1 saturated heterocycles. The average Bonchev–Trinajstić information content (AvgIpc) is 3.07. The third-order valence-corrected chi connectivity index (χ3v) is 5.40.